The maximum absolute atomic E-state index is 12.4. The fraction of sp³-hybridized carbons (Fsp3) is 0.179. The van der Waals surface area contributed by atoms with Crippen molar-refractivity contribution in [3.63, 3.8) is 0 Å². The molecule has 0 unspecified atom stereocenters. The van der Waals surface area contributed by atoms with E-state index in [-0.39, 0.29) is 35.7 Å². The van der Waals surface area contributed by atoms with Crippen LogP contribution in [0.15, 0.2) is 78.8 Å². The lowest BCUT2D eigenvalue weighted by Gasteiger charge is -2.12. The highest BCUT2D eigenvalue weighted by molar-refractivity contribution is 7.86. The monoisotopic (exact) mass is 750 g/mol. The largest absolute Gasteiger partial charge is 0.505 e. The summed E-state index contributed by atoms with van der Waals surface area (Å²) < 4.78 is 78.8. The van der Waals surface area contributed by atoms with Crippen molar-refractivity contribution in [3.05, 3.63) is 58.6 Å². The Bertz CT molecular complexity index is 2310. The maximum atomic E-state index is 12.4. The molecule has 21 nitrogen and oxygen atoms in total. The molecule has 23 heteroatoms. The van der Waals surface area contributed by atoms with Gasteiger partial charge in [0.05, 0.1) is 29.6 Å². The minimum atomic E-state index is -5.16. The summed E-state index contributed by atoms with van der Waals surface area (Å²) in [6, 6.07) is 8.07. The van der Waals surface area contributed by atoms with E-state index in [4.69, 9.17) is 14.6 Å². The normalized spacial score (nSPS) is 12.1. The maximum Gasteiger partial charge on any atom is 0.314 e. The summed E-state index contributed by atoms with van der Waals surface area (Å²) in [5.41, 5.74) is -2.81. The number of phenolic OH excluding ortho intramolecular Hbond substituents is 2. The van der Waals surface area contributed by atoms with Gasteiger partial charge in [-0.25, -0.2) is 0 Å². The number of aromatic hydroxyl groups is 2. The zero-order valence-electron chi connectivity index (χ0n) is 25.9. The first-order valence-electron chi connectivity index (χ1n) is 14.0. The fourth-order valence-corrected chi connectivity index (χ4v) is 5.69. The van der Waals surface area contributed by atoms with Gasteiger partial charge in [0.1, 0.15) is 45.8 Å². The zero-order valence-corrected chi connectivity index (χ0v) is 27.5. The summed E-state index contributed by atoms with van der Waals surface area (Å²) in [5.74, 6) is -3.25. The lowest BCUT2D eigenvalue weighted by atomic mass is 10.1. The molecule has 0 spiro atoms. The number of hydrogen-bond acceptors (Lipinski definition) is 17. The van der Waals surface area contributed by atoms with Gasteiger partial charge in [0.15, 0.2) is 23.0 Å². The number of nitro groups is 1. The number of amides is 1. The van der Waals surface area contributed by atoms with Gasteiger partial charge in [-0.3, -0.25) is 24.0 Å². The van der Waals surface area contributed by atoms with Crippen LogP contribution in [0.1, 0.15) is 6.92 Å². The minimum absolute atomic E-state index is 0.00130. The van der Waals surface area contributed by atoms with Crippen LogP contribution in [0.4, 0.5) is 34.1 Å². The molecule has 0 heterocycles. The number of nitro benzene ring substituents is 1. The number of carbonyl (C=O) groups is 1. The van der Waals surface area contributed by atoms with Crippen molar-refractivity contribution in [2.24, 2.45) is 20.5 Å². The molecule has 0 aromatic heterocycles. The van der Waals surface area contributed by atoms with Gasteiger partial charge in [0, 0.05) is 18.7 Å². The Morgan fingerprint density at radius 1 is 0.784 bits per heavy atom. The Hall–Kier alpha value is -5.85. The lowest BCUT2D eigenvalue weighted by Crippen LogP contribution is -2.07. The third-order valence-corrected chi connectivity index (χ3v) is 8.21. The number of nitrogens with zero attached hydrogens (tertiary/aromatic N) is 5. The summed E-state index contributed by atoms with van der Waals surface area (Å²) in [6.45, 7) is -0.673. The predicted molar refractivity (Wildman–Crippen MR) is 174 cm³/mol. The molecule has 0 bridgehead atoms. The van der Waals surface area contributed by atoms with E-state index in [0.717, 1.165) is 49.4 Å². The number of azo groups is 2. The number of ether oxygens (including phenoxy) is 2. The molecule has 0 fully saturated rings. The van der Waals surface area contributed by atoms with E-state index in [1.54, 1.807) is 0 Å². The molecule has 4 aromatic rings. The van der Waals surface area contributed by atoms with E-state index < -0.39 is 99.5 Å². The fourth-order valence-electron chi connectivity index (χ4n) is 4.38. The molecule has 0 aliphatic carbocycles. The molecule has 4 rings (SSSR count). The van der Waals surface area contributed by atoms with E-state index in [9.17, 15) is 56.2 Å². The zero-order chi connectivity index (χ0) is 37.7. The third kappa shape index (κ3) is 8.85. The Kier molecular flexibility index (Phi) is 11.4. The minimum Gasteiger partial charge on any atom is -0.505 e. The molecule has 51 heavy (non-hydrogen) atoms. The van der Waals surface area contributed by atoms with Gasteiger partial charge in [0.25, 0.3) is 20.2 Å². The number of hydrogen-bond donors (Lipinski definition) is 7. The average Bonchev–Trinajstić information content (AvgIpc) is 3.04. The first kappa shape index (κ1) is 38.0. The topological polar surface area (TPSA) is 330 Å². The first-order chi connectivity index (χ1) is 24.0. The van der Waals surface area contributed by atoms with E-state index in [2.05, 4.69) is 25.8 Å². The van der Waals surface area contributed by atoms with Crippen LogP contribution in [0, 0.1) is 10.1 Å². The quantitative estimate of drug-likeness (QED) is 0.0411. The molecular formula is C28H26N6O15S2. The number of aliphatic hydroxyl groups excluding tert-OH is 2. The van der Waals surface area contributed by atoms with Gasteiger partial charge in [0.2, 0.25) is 5.91 Å². The number of nitrogens with one attached hydrogen (secondary N) is 1. The number of anilines is 1. The molecule has 7 N–H and O–H groups in total. The molecule has 0 atom stereocenters. The first-order valence-corrected chi connectivity index (χ1v) is 16.9. The van der Waals surface area contributed by atoms with Gasteiger partial charge < -0.3 is 35.2 Å². The lowest BCUT2D eigenvalue weighted by molar-refractivity contribution is -0.385. The van der Waals surface area contributed by atoms with Crippen molar-refractivity contribution in [2.75, 3.05) is 31.7 Å². The van der Waals surface area contributed by atoms with Crippen molar-refractivity contribution in [3.8, 4) is 23.0 Å². The standard InChI is InChI=1S/C28H26N6O15S2/c1-14(37)29-16-3-5-17(23(11-16)50(42,43)44)30-31-18-4-2-15-10-24(51(45,46)47)26(28(39)25(15)27(18)38)33-32-19-12-22(49-9-7-36)20(34(40)41)13-21(19)48-8-6-35/h2-5,10-13,35-36,38-39H,6-9H2,1H3,(H,29,37)(H,42,43,44)(H,45,46,47)/b31-30+,33-32+. The smallest absolute Gasteiger partial charge is 0.314 e. The Labute approximate surface area is 286 Å². The van der Waals surface area contributed by atoms with Crippen LogP contribution in [-0.2, 0) is 25.0 Å². The summed E-state index contributed by atoms with van der Waals surface area (Å²) in [5, 5.41) is 68.9. The van der Waals surface area contributed by atoms with Crippen LogP contribution in [0.25, 0.3) is 10.8 Å². The molecule has 0 aliphatic rings. The molecule has 0 saturated heterocycles. The van der Waals surface area contributed by atoms with Crippen molar-refractivity contribution in [1.29, 1.82) is 0 Å². The van der Waals surface area contributed by atoms with Crippen LogP contribution in [0.2, 0.25) is 0 Å². The van der Waals surface area contributed by atoms with Crippen molar-refractivity contribution < 1.29 is 65.6 Å². The van der Waals surface area contributed by atoms with Gasteiger partial charge in [-0.2, -0.15) is 16.8 Å². The molecule has 4 aromatic carbocycles. The SMILES string of the molecule is CC(=O)Nc1ccc(/N=N/c2ccc3cc(S(=O)(=O)O)c(/N=N/c4cc(OCCO)c([N+](=O)[O-])cc4OCCO)c(O)c3c2O)c(S(=O)(=O)O)c1. The molecule has 0 radical (unpaired) electrons. The highest BCUT2D eigenvalue weighted by Gasteiger charge is 2.26. The van der Waals surface area contributed by atoms with Crippen LogP contribution in [-0.4, -0.2) is 83.6 Å². The number of aliphatic hydroxyl groups is 2. The number of fused-ring (bicyclic) bond motifs is 1. The second-order valence-electron chi connectivity index (χ2n) is 10.0. The Morgan fingerprint density at radius 2 is 1.37 bits per heavy atom. The number of benzene rings is 4. The predicted octanol–water partition coefficient (Wildman–Crippen LogP) is 4.18. The van der Waals surface area contributed by atoms with Crippen molar-refractivity contribution in [1.82, 2.24) is 0 Å². The molecule has 0 saturated carbocycles. The summed E-state index contributed by atoms with van der Waals surface area (Å²) in [7, 11) is -10.1. The number of rotatable bonds is 14. The highest BCUT2D eigenvalue weighted by atomic mass is 32.2. The average molecular weight is 751 g/mol. The summed E-state index contributed by atoms with van der Waals surface area (Å²) in [4.78, 5) is 20.4. The third-order valence-electron chi connectivity index (χ3n) is 6.46. The van der Waals surface area contributed by atoms with Gasteiger partial charge in [-0.15, -0.1) is 20.5 Å². The summed E-state index contributed by atoms with van der Waals surface area (Å²) in [6.07, 6.45) is 0. The molecular weight excluding hydrogens is 724 g/mol. The van der Waals surface area contributed by atoms with E-state index >= 15 is 0 Å². The second-order valence-corrected chi connectivity index (χ2v) is 12.8. The second kappa shape index (κ2) is 15.4. The van der Waals surface area contributed by atoms with Gasteiger partial charge >= 0.3 is 5.69 Å². The van der Waals surface area contributed by atoms with Crippen LogP contribution in [0.3, 0.4) is 0 Å². The number of phenols is 2. The molecule has 270 valence electrons. The van der Waals surface area contributed by atoms with E-state index in [0.29, 0.717) is 0 Å². The molecule has 1 amide bonds. The van der Waals surface area contributed by atoms with E-state index in [1.807, 2.05) is 0 Å². The van der Waals surface area contributed by atoms with Crippen molar-refractivity contribution >= 4 is 71.0 Å². The highest BCUT2D eigenvalue weighted by Crippen LogP contribution is 2.48. The summed E-state index contributed by atoms with van der Waals surface area (Å²) >= 11 is 0. The molecule has 0 aliphatic heterocycles. The Balaban J connectivity index is 1.89. The van der Waals surface area contributed by atoms with Crippen LogP contribution in [0.5, 0.6) is 23.0 Å². The number of carbonyl (C=O) groups excluding carboxylic acids is 1. The van der Waals surface area contributed by atoms with E-state index in [1.165, 1.54) is 6.07 Å². The van der Waals surface area contributed by atoms with Gasteiger partial charge in [-0.1, -0.05) is 6.07 Å². The van der Waals surface area contributed by atoms with Crippen LogP contribution >= 0.6 is 0 Å². The van der Waals surface area contributed by atoms with Crippen molar-refractivity contribution in [2.45, 2.75) is 16.7 Å². The van der Waals surface area contributed by atoms with Gasteiger partial charge in [-0.05, 0) is 35.7 Å². The van der Waals surface area contributed by atoms with Crippen LogP contribution < -0.4 is 14.8 Å². The Morgan fingerprint density at radius 3 is 1.96 bits per heavy atom.